The molecule has 2 amide bonds. The lowest BCUT2D eigenvalue weighted by Crippen LogP contribution is -2.54. The lowest BCUT2D eigenvalue weighted by atomic mass is 9.96. The van der Waals surface area contributed by atoms with E-state index in [9.17, 15) is 22.8 Å². The van der Waals surface area contributed by atoms with Gasteiger partial charge >= 0.3 is 5.97 Å². The number of rotatable bonds is 13. The molecule has 0 bridgehead atoms. The zero-order valence-electron chi connectivity index (χ0n) is 26.3. The highest BCUT2D eigenvalue weighted by molar-refractivity contribution is 7.89. The maximum Gasteiger partial charge on any atom is 0.329 e. The summed E-state index contributed by atoms with van der Waals surface area (Å²) >= 11 is 0. The third-order valence-corrected chi connectivity index (χ3v) is 9.81. The number of carbonyl (C=O) groups is 3. The molecule has 1 fully saturated rings. The molecule has 0 spiro atoms. The first kappa shape index (κ1) is 34.1. The quantitative estimate of drug-likeness (QED) is 0.165. The van der Waals surface area contributed by atoms with E-state index in [1.165, 1.54) is 4.31 Å². The fourth-order valence-electron chi connectivity index (χ4n) is 5.51. The van der Waals surface area contributed by atoms with Crippen molar-refractivity contribution in [3.63, 3.8) is 0 Å². The summed E-state index contributed by atoms with van der Waals surface area (Å²) in [6, 6.07) is 14.0. The lowest BCUT2D eigenvalue weighted by molar-refractivity contribution is -0.159. The first-order valence-electron chi connectivity index (χ1n) is 15.5. The van der Waals surface area contributed by atoms with Gasteiger partial charge in [-0.15, -0.1) is 0 Å². The van der Waals surface area contributed by atoms with Gasteiger partial charge in [-0.1, -0.05) is 36.4 Å². The van der Waals surface area contributed by atoms with Gasteiger partial charge in [-0.05, 0) is 83.2 Å². The van der Waals surface area contributed by atoms with Crippen LogP contribution >= 0.6 is 0 Å². The summed E-state index contributed by atoms with van der Waals surface area (Å²) in [6.45, 7) is 6.13. The maximum absolute atomic E-state index is 13.8. The van der Waals surface area contributed by atoms with E-state index in [2.05, 4.69) is 15.6 Å². The summed E-state index contributed by atoms with van der Waals surface area (Å²) in [5.74, 6) is -1.85. The molecule has 0 unspecified atom stereocenters. The Morgan fingerprint density at radius 3 is 2.31 bits per heavy atom. The van der Waals surface area contributed by atoms with Crippen LogP contribution in [0, 0.1) is 5.92 Å². The van der Waals surface area contributed by atoms with E-state index in [1.54, 1.807) is 51.1 Å². The molecule has 0 radical (unpaired) electrons. The number of nitrogens with two attached hydrogens (primary N) is 1. The molecule has 1 aliphatic heterocycles. The topological polar surface area (TPSA) is 164 Å². The summed E-state index contributed by atoms with van der Waals surface area (Å²) in [5.41, 5.74) is 6.66. The smallest absolute Gasteiger partial charge is 0.329 e. The molecule has 4 rings (SSSR count). The Morgan fingerprint density at radius 1 is 0.978 bits per heavy atom. The van der Waals surface area contributed by atoms with Gasteiger partial charge in [0, 0.05) is 42.5 Å². The van der Waals surface area contributed by atoms with E-state index in [-0.39, 0.29) is 30.3 Å². The molecule has 1 aromatic heterocycles. The van der Waals surface area contributed by atoms with Crippen molar-refractivity contribution in [2.45, 2.75) is 81.9 Å². The number of amides is 2. The van der Waals surface area contributed by atoms with Gasteiger partial charge < -0.3 is 26.1 Å². The Kier molecular flexibility index (Phi) is 11.4. The fraction of sp³-hybridized carbons (Fsp3) is 0.485. The van der Waals surface area contributed by atoms with Crippen LogP contribution in [0.15, 0.2) is 65.7 Å². The van der Waals surface area contributed by atoms with Crippen LogP contribution in [-0.4, -0.2) is 72.8 Å². The van der Waals surface area contributed by atoms with Gasteiger partial charge in [0.25, 0.3) is 0 Å². The van der Waals surface area contributed by atoms with E-state index >= 15 is 0 Å². The summed E-state index contributed by atoms with van der Waals surface area (Å²) in [5, 5.41) is 6.70. The van der Waals surface area contributed by atoms with Gasteiger partial charge in [-0.3, -0.25) is 9.59 Å². The Balaban J connectivity index is 1.50. The molecule has 2 heterocycles. The van der Waals surface area contributed by atoms with Crippen molar-refractivity contribution < 1.29 is 27.5 Å². The third kappa shape index (κ3) is 9.15. The van der Waals surface area contributed by atoms with Crippen molar-refractivity contribution in [1.82, 2.24) is 19.9 Å². The second-order valence-electron chi connectivity index (χ2n) is 12.5. The highest BCUT2D eigenvalue weighted by Gasteiger charge is 2.35. The van der Waals surface area contributed by atoms with Gasteiger partial charge in [-0.25, -0.2) is 13.2 Å². The number of nitrogens with one attached hydrogen (secondary N) is 3. The molecule has 1 aliphatic rings. The van der Waals surface area contributed by atoms with E-state index in [1.807, 2.05) is 30.5 Å². The number of aromatic amines is 1. The van der Waals surface area contributed by atoms with Crippen LogP contribution in [0.25, 0.3) is 10.9 Å². The second-order valence-corrected chi connectivity index (χ2v) is 14.4. The van der Waals surface area contributed by atoms with Gasteiger partial charge in [-0.2, -0.15) is 4.31 Å². The van der Waals surface area contributed by atoms with Gasteiger partial charge in [0.1, 0.15) is 17.7 Å². The number of unbranched alkanes of at least 4 members (excludes halogenated alkanes) is 1. The highest BCUT2D eigenvalue weighted by Crippen LogP contribution is 2.25. The monoisotopic (exact) mass is 639 g/mol. The zero-order valence-corrected chi connectivity index (χ0v) is 27.1. The minimum Gasteiger partial charge on any atom is -0.458 e. The van der Waals surface area contributed by atoms with E-state index < -0.39 is 45.5 Å². The SMILES string of the molecule is CC(C)(C)OC(=O)[C@H](CCCCN)NC(=O)[C@@H](Cc1c[nH]c2ccccc12)NC(=O)C1CCN(S(=O)(=O)c2ccccc2)CC1. The normalized spacial score (nSPS) is 16.2. The first-order chi connectivity index (χ1) is 21.4. The summed E-state index contributed by atoms with van der Waals surface area (Å²) in [4.78, 5) is 43.9. The van der Waals surface area contributed by atoms with Crippen molar-refractivity contribution >= 4 is 38.7 Å². The maximum atomic E-state index is 13.8. The zero-order chi connectivity index (χ0) is 32.6. The molecule has 11 nitrogen and oxygen atoms in total. The fourth-order valence-corrected chi connectivity index (χ4v) is 7.00. The number of esters is 1. The molecule has 1 saturated heterocycles. The minimum atomic E-state index is -3.66. The van der Waals surface area contributed by atoms with E-state index in [0.717, 1.165) is 16.5 Å². The van der Waals surface area contributed by atoms with Crippen LogP contribution in [0.2, 0.25) is 0 Å². The van der Waals surface area contributed by atoms with Crippen LogP contribution in [-0.2, 0) is 35.6 Å². The predicted molar refractivity (Wildman–Crippen MR) is 173 cm³/mol. The van der Waals surface area contributed by atoms with Crippen LogP contribution in [0.5, 0.6) is 0 Å². The number of H-pyrrole nitrogens is 1. The number of aromatic nitrogens is 1. The Morgan fingerprint density at radius 2 is 1.64 bits per heavy atom. The minimum absolute atomic E-state index is 0.187. The standard InChI is InChI=1S/C33H45N5O6S/c1-33(2,3)44-32(41)28(15-9-10-18-34)36-31(40)29(21-24-22-35-27-14-8-7-13-26(24)27)37-30(39)23-16-19-38(20-17-23)45(42,43)25-11-5-4-6-12-25/h4-8,11-14,22-23,28-29,35H,9-10,15-21,34H2,1-3H3,(H,36,40)(H,37,39)/t28-,29+/m0/s1. The van der Waals surface area contributed by atoms with Gasteiger partial charge in [0.15, 0.2) is 0 Å². The number of ether oxygens (including phenoxy) is 1. The molecular weight excluding hydrogens is 594 g/mol. The first-order valence-corrected chi connectivity index (χ1v) is 17.0. The Bertz CT molecular complexity index is 1560. The lowest BCUT2D eigenvalue weighted by Gasteiger charge is -2.31. The highest BCUT2D eigenvalue weighted by atomic mass is 32.2. The number of hydrogen-bond acceptors (Lipinski definition) is 7. The van der Waals surface area contributed by atoms with Crippen LogP contribution in [0.3, 0.4) is 0 Å². The van der Waals surface area contributed by atoms with E-state index in [0.29, 0.717) is 38.6 Å². The van der Waals surface area contributed by atoms with Crippen molar-refractivity contribution in [3.05, 3.63) is 66.4 Å². The number of benzene rings is 2. The molecule has 244 valence electrons. The third-order valence-electron chi connectivity index (χ3n) is 7.89. The number of fused-ring (bicyclic) bond motifs is 1. The molecule has 3 aromatic rings. The number of para-hydroxylation sites is 1. The van der Waals surface area contributed by atoms with Crippen LogP contribution in [0.4, 0.5) is 0 Å². The largest absolute Gasteiger partial charge is 0.458 e. The average molecular weight is 640 g/mol. The van der Waals surface area contributed by atoms with E-state index in [4.69, 9.17) is 10.5 Å². The Labute approximate surface area is 265 Å². The molecule has 45 heavy (non-hydrogen) atoms. The second kappa shape index (κ2) is 15.0. The van der Waals surface area contributed by atoms with Crippen molar-refractivity contribution in [3.8, 4) is 0 Å². The average Bonchev–Trinajstić information content (AvgIpc) is 3.42. The summed E-state index contributed by atoms with van der Waals surface area (Å²) < 4.78 is 33.1. The molecular formula is C33H45N5O6S. The molecule has 0 saturated carbocycles. The van der Waals surface area contributed by atoms with Crippen LogP contribution < -0.4 is 16.4 Å². The van der Waals surface area contributed by atoms with Crippen molar-refractivity contribution in [2.75, 3.05) is 19.6 Å². The van der Waals surface area contributed by atoms with Crippen molar-refractivity contribution in [1.29, 1.82) is 0 Å². The van der Waals surface area contributed by atoms with Gasteiger partial charge in [0.2, 0.25) is 21.8 Å². The van der Waals surface area contributed by atoms with Gasteiger partial charge in [0.05, 0.1) is 4.90 Å². The van der Waals surface area contributed by atoms with Crippen molar-refractivity contribution in [2.24, 2.45) is 11.7 Å². The molecule has 2 aromatic carbocycles. The number of piperidine rings is 1. The molecule has 5 N–H and O–H groups in total. The summed E-state index contributed by atoms with van der Waals surface area (Å²) in [6.07, 6.45) is 4.29. The number of hydrogen-bond donors (Lipinski definition) is 4. The number of sulfonamides is 1. The van der Waals surface area contributed by atoms with Crippen LogP contribution in [0.1, 0.15) is 58.4 Å². The molecule has 12 heteroatoms. The predicted octanol–water partition coefficient (Wildman–Crippen LogP) is 3.25. The number of carbonyl (C=O) groups excluding carboxylic acids is 3. The summed E-state index contributed by atoms with van der Waals surface area (Å²) in [7, 11) is -3.66. The molecule has 0 aliphatic carbocycles. The molecule has 2 atom stereocenters. The Hall–Kier alpha value is -3.74. The number of nitrogens with zero attached hydrogens (tertiary/aromatic N) is 1.